The lowest BCUT2D eigenvalue weighted by Crippen LogP contribution is -2.62. The molecule has 0 radical (unpaired) electrons. The van der Waals surface area contributed by atoms with Crippen molar-refractivity contribution in [3.8, 4) is 0 Å². The second kappa shape index (κ2) is 9.29. The Morgan fingerprint density at radius 3 is 2.56 bits per heavy atom. The number of nitrogens with zero attached hydrogens (tertiary/aromatic N) is 3. The number of nitrogens with two attached hydrogens (primary N) is 1. The minimum atomic E-state index is -0.617. The fourth-order valence-corrected chi connectivity index (χ4v) is 5.39. The average molecular weight is 483 g/mol. The van der Waals surface area contributed by atoms with Crippen LogP contribution in [0.15, 0.2) is 42.6 Å². The maximum absolute atomic E-state index is 13.1. The van der Waals surface area contributed by atoms with E-state index in [9.17, 15) is 9.59 Å². The normalized spacial score (nSPS) is 21.2. The van der Waals surface area contributed by atoms with Crippen molar-refractivity contribution in [2.75, 3.05) is 26.2 Å². The Labute approximate surface area is 205 Å². The molecular formula is C26H31ClN4O3. The Hall–Kier alpha value is -2.48. The van der Waals surface area contributed by atoms with Crippen LogP contribution in [0.3, 0.4) is 0 Å². The molecule has 2 N–H and O–H groups in total. The molecule has 1 aliphatic carbocycles. The molecule has 7 nitrogen and oxygen atoms in total. The van der Waals surface area contributed by atoms with E-state index in [0.717, 1.165) is 63.0 Å². The van der Waals surface area contributed by atoms with Crippen molar-refractivity contribution in [2.24, 2.45) is 5.73 Å². The van der Waals surface area contributed by atoms with E-state index in [-0.39, 0.29) is 23.8 Å². The van der Waals surface area contributed by atoms with Gasteiger partial charge in [0.15, 0.2) is 0 Å². The van der Waals surface area contributed by atoms with Crippen molar-refractivity contribution in [1.82, 2.24) is 14.8 Å². The van der Waals surface area contributed by atoms with E-state index in [0.29, 0.717) is 18.1 Å². The third kappa shape index (κ3) is 5.11. The van der Waals surface area contributed by atoms with Gasteiger partial charge in [0.05, 0.1) is 35.8 Å². The highest BCUT2D eigenvalue weighted by Crippen LogP contribution is 2.50. The molecule has 1 saturated carbocycles. The topological polar surface area (TPSA) is 88.8 Å². The Morgan fingerprint density at radius 2 is 1.88 bits per heavy atom. The number of hydrogen-bond acceptors (Lipinski definition) is 5. The first-order valence-electron chi connectivity index (χ1n) is 12.0. The molecule has 1 aromatic carbocycles. The largest absolute Gasteiger partial charge is 0.369 e. The number of benzene rings is 1. The van der Waals surface area contributed by atoms with Crippen LogP contribution >= 0.6 is 11.6 Å². The van der Waals surface area contributed by atoms with Crippen LogP contribution in [0.2, 0.25) is 5.02 Å². The van der Waals surface area contributed by atoms with E-state index < -0.39 is 5.60 Å². The number of hydrogen-bond donors (Lipinski definition) is 1. The number of ether oxygens (including phenoxy) is 1. The van der Waals surface area contributed by atoms with Gasteiger partial charge in [0, 0.05) is 25.8 Å². The molecule has 2 amide bonds. The Balaban J connectivity index is 1.19. The predicted molar refractivity (Wildman–Crippen MR) is 129 cm³/mol. The van der Waals surface area contributed by atoms with E-state index in [1.807, 2.05) is 29.2 Å². The highest BCUT2D eigenvalue weighted by atomic mass is 35.5. The van der Waals surface area contributed by atoms with Crippen molar-refractivity contribution in [2.45, 2.75) is 56.3 Å². The highest BCUT2D eigenvalue weighted by molar-refractivity contribution is 6.30. The van der Waals surface area contributed by atoms with Crippen molar-refractivity contribution in [1.29, 1.82) is 0 Å². The van der Waals surface area contributed by atoms with Crippen LogP contribution < -0.4 is 5.73 Å². The van der Waals surface area contributed by atoms with Crippen LogP contribution in [0.1, 0.15) is 42.5 Å². The van der Waals surface area contributed by atoms with Gasteiger partial charge >= 0.3 is 0 Å². The van der Waals surface area contributed by atoms with Gasteiger partial charge in [-0.3, -0.25) is 14.6 Å². The van der Waals surface area contributed by atoms with Crippen molar-refractivity contribution >= 4 is 23.4 Å². The fourth-order valence-electron chi connectivity index (χ4n) is 5.28. The molecule has 5 rings (SSSR count). The molecule has 180 valence electrons. The summed E-state index contributed by atoms with van der Waals surface area (Å²) in [6, 6.07) is 11.8. The quantitative estimate of drug-likeness (QED) is 0.655. The molecular weight excluding hydrogens is 452 g/mol. The fraction of sp³-hybridized carbons (Fsp3) is 0.500. The molecule has 1 aromatic heterocycles. The summed E-state index contributed by atoms with van der Waals surface area (Å²) in [6.45, 7) is 3.95. The van der Waals surface area contributed by atoms with E-state index in [1.54, 1.807) is 6.20 Å². The van der Waals surface area contributed by atoms with Gasteiger partial charge in [0.1, 0.15) is 5.60 Å². The Kier molecular flexibility index (Phi) is 6.35. The van der Waals surface area contributed by atoms with Crippen molar-refractivity contribution in [3.05, 3.63) is 64.4 Å². The zero-order valence-corrected chi connectivity index (χ0v) is 20.1. The van der Waals surface area contributed by atoms with Crippen LogP contribution in [0.4, 0.5) is 0 Å². The number of aromatic nitrogens is 1. The molecule has 34 heavy (non-hydrogen) atoms. The van der Waals surface area contributed by atoms with E-state index in [1.165, 1.54) is 5.56 Å². The second-order valence-corrected chi connectivity index (χ2v) is 10.4. The van der Waals surface area contributed by atoms with E-state index in [2.05, 4.69) is 22.0 Å². The van der Waals surface area contributed by atoms with Crippen LogP contribution in [-0.4, -0.2) is 64.0 Å². The first-order chi connectivity index (χ1) is 16.3. The molecule has 2 aliphatic heterocycles. The zero-order chi connectivity index (χ0) is 23.8. The maximum Gasteiger partial charge on any atom is 0.255 e. The molecule has 0 atom stereocenters. The minimum absolute atomic E-state index is 0.105. The summed E-state index contributed by atoms with van der Waals surface area (Å²) >= 11 is 5.97. The van der Waals surface area contributed by atoms with Crippen molar-refractivity contribution in [3.63, 3.8) is 0 Å². The number of halogens is 1. The Bertz CT molecular complexity index is 1060. The van der Waals surface area contributed by atoms with Gasteiger partial charge in [-0.1, -0.05) is 35.9 Å². The maximum atomic E-state index is 13.1. The predicted octanol–water partition coefficient (Wildman–Crippen LogP) is 2.73. The third-order valence-corrected chi connectivity index (χ3v) is 7.49. The first-order valence-corrected chi connectivity index (χ1v) is 12.4. The number of amides is 2. The van der Waals surface area contributed by atoms with E-state index in [4.69, 9.17) is 22.1 Å². The highest BCUT2D eigenvalue weighted by Gasteiger charge is 2.61. The smallest absolute Gasteiger partial charge is 0.255 e. The lowest BCUT2D eigenvalue weighted by Gasteiger charge is -2.50. The molecule has 0 bridgehead atoms. The molecule has 2 saturated heterocycles. The standard InChI is InChI=1S/C26H31ClN4O3/c27-21-4-5-22(29-16-21)17-31-18-25(34-26(7-8-26)24(31)33)9-12-30(13-10-25)11-6-19-2-1-3-20(14-19)15-23(28)32/h1-5,14,16H,6-13,15,17-18H2,(H2,28,32). The summed E-state index contributed by atoms with van der Waals surface area (Å²) in [5.41, 5.74) is 7.47. The number of morpholine rings is 1. The van der Waals surface area contributed by atoms with E-state index >= 15 is 0 Å². The summed E-state index contributed by atoms with van der Waals surface area (Å²) in [5, 5.41) is 0.596. The van der Waals surface area contributed by atoms with Crippen LogP contribution in [0.25, 0.3) is 0 Å². The molecule has 2 aromatic rings. The van der Waals surface area contributed by atoms with Crippen LogP contribution in [0.5, 0.6) is 0 Å². The minimum Gasteiger partial charge on any atom is -0.369 e. The number of carbonyl (C=O) groups is 2. The number of primary amides is 1. The number of pyridine rings is 1. The summed E-state index contributed by atoms with van der Waals surface area (Å²) in [5.74, 6) is -0.202. The van der Waals surface area contributed by atoms with Gasteiger partial charge in [-0.2, -0.15) is 0 Å². The van der Waals surface area contributed by atoms with Crippen LogP contribution in [0, 0.1) is 0 Å². The average Bonchev–Trinajstić information content (AvgIpc) is 3.58. The zero-order valence-electron chi connectivity index (χ0n) is 19.3. The summed E-state index contributed by atoms with van der Waals surface area (Å²) in [7, 11) is 0. The van der Waals surface area contributed by atoms with Gasteiger partial charge in [0.2, 0.25) is 5.91 Å². The first kappa shape index (κ1) is 23.3. The Morgan fingerprint density at radius 1 is 1.12 bits per heavy atom. The SMILES string of the molecule is NC(=O)Cc1cccc(CCN2CCC3(CC2)CN(Cc2ccc(Cl)cn2)C(=O)C2(CC2)O3)c1. The second-order valence-electron chi connectivity index (χ2n) is 9.96. The third-order valence-electron chi connectivity index (χ3n) is 7.27. The van der Waals surface area contributed by atoms with Gasteiger partial charge in [0.25, 0.3) is 5.91 Å². The number of piperidine rings is 1. The van der Waals surface area contributed by atoms with Gasteiger partial charge in [-0.05, 0) is 55.4 Å². The molecule has 3 fully saturated rings. The molecule has 0 unspecified atom stereocenters. The molecule has 3 aliphatic rings. The number of carbonyl (C=O) groups excluding carboxylic acids is 2. The lowest BCUT2D eigenvalue weighted by atomic mass is 9.87. The number of rotatable bonds is 7. The summed E-state index contributed by atoms with van der Waals surface area (Å²) < 4.78 is 6.57. The summed E-state index contributed by atoms with van der Waals surface area (Å²) in [6.07, 6.45) is 6.28. The molecule has 2 spiro atoms. The monoisotopic (exact) mass is 482 g/mol. The molecule has 3 heterocycles. The van der Waals surface area contributed by atoms with Gasteiger partial charge in [-0.25, -0.2) is 0 Å². The van der Waals surface area contributed by atoms with Gasteiger partial charge in [-0.15, -0.1) is 0 Å². The molecule has 8 heteroatoms. The number of likely N-dealkylation sites (tertiary alicyclic amines) is 1. The van der Waals surface area contributed by atoms with Crippen LogP contribution in [-0.2, 0) is 33.7 Å². The van der Waals surface area contributed by atoms with Gasteiger partial charge < -0.3 is 20.3 Å². The summed E-state index contributed by atoms with van der Waals surface area (Å²) in [4.78, 5) is 33.2. The van der Waals surface area contributed by atoms with Crippen molar-refractivity contribution < 1.29 is 14.3 Å². The lowest BCUT2D eigenvalue weighted by molar-refractivity contribution is -0.201.